The van der Waals surface area contributed by atoms with Gasteiger partial charge in [0.25, 0.3) is 0 Å². The van der Waals surface area contributed by atoms with Crippen LogP contribution in [0.3, 0.4) is 0 Å². The van der Waals surface area contributed by atoms with Crippen LogP contribution in [0.4, 0.5) is 0 Å². The van der Waals surface area contributed by atoms with Crippen LogP contribution in [0.1, 0.15) is 31.4 Å². The number of rotatable bonds is 5. The molecule has 0 aromatic heterocycles. The number of hydrogen-bond donors (Lipinski definition) is 1. The van der Waals surface area contributed by atoms with E-state index in [1.54, 1.807) is 18.7 Å². The Morgan fingerprint density at radius 2 is 2.21 bits per heavy atom. The van der Waals surface area contributed by atoms with Crippen LogP contribution in [0.25, 0.3) is 0 Å². The maximum Gasteiger partial charge on any atom is 0.227 e. The van der Waals surface area contributed by atoms with Crippen molar-refractivity contribution in [1.29, 1.82) is 0 Å². The average Bonchev–Trinajstić information content (AvgIpc) is 3.15. The Bertz CT molecular complexity index is 730. The third-order valence-electron chi connectivity index (χ3n) is 4.45. The van der Waals surface area contributed by atoms with Crippen molar-refractivity contribution < 1.29 is 17.9 Å². The van der Waals surface area contributed by atoms with Gasteiger partial charge in [0.05, 0.1) is 18.3 Å². The lowest BCUT2D eigenvalue weighted by atomic mass is 10.1. The average molecular weight is 352 g/mol. The summed E-state index contributed by atoms with van der Waals surface area (Å²) in [7, 11) is -3.37. The molecule has 7 heteroatoms. The van der Waals surface area contributed by atoms with Gasteiger partial charge in [0.15, 0.2) is 0 Å². The molecule has 2 aliphatic heterocycles. The predicted octanol–water partition coefficient (Wildman–Crippen LogP) is 1.09. The van der Waals surface area contributed by atoms with Gasteiger partial charge in [0.2, 0.25) is 15.9 Å². The van der Waals surface area contributed by atoms with Gasteiger partial charge in [-0.3, -0.25) is 4.79 Å². The van der Waals surface area contributed by atoms with E-state index in [0.717, 1.165) is 23.3 Å². The van der Waals surface area contributed by atoms with Gasteiger partial charge in [-0.2, -0.15) is 0 Å². The molecule has 3 rings (SSSR count). The molecule has 1 aromatic rings. The molecule has 6 nitrogen and oxygen atoms in total. The second kappa shape index (κ2) is 6.72. The van der Waals surface area contributed by atoms with Crippen LogP contribution in [-0.2, 0) is 27.7 Å². The Morgan fingerprint density at radius 3 is 2.96 bits per heavy atom. The zero-order valence-electron chi connectivity index (χ0n) is 14.1. The van der Waals surface area contributed by atoms with E-state index in [-0.39, 0.29) is 18.5 Å². The highest BCUT2D eigenvalue weighted by Crippen LogP contribution is 2.26. The highest BCUT2D eigenvalue weighted by Gasteiger charge is 2.35. The molecular formula is C17H24N2O4S. The van der Waals surface area contributed by atoms with E-state index in [0.29, 0.717) is 26.0 Å². The Labute approximate surface area is 143 Å². The van der Waals surface area contributed by atoms with Crippen molar-refractivity contribution in [3.8, 4) is 5.75 Å². The van der Waals surface area contributed by atoms with Crippen molar-refractivity contribution in [1.82, 2.24) is 9.62 Å². The number of sulfonamides is 1. The Kier molecular flexibility index (Phi) is 4.83. The zero-order valence-corrected chi connectivity index (χ0v) is 14.9. The largest absolute Gasteiger partial charge is 0.493 e. The first kappa shape index (κ1) is 17.2. The molecule has 1 unspecified atom stereocenters. The van der Waals surface area contributed by atoms with Crippen molar-refractivity contribution in [2.24, 2.45) is 0 Å². The molecule has 0 saturated carbocycles. The van der Waals surface area contributed by atoms with E-state index >= 15 is 0 Å². The second-order valence-electron chi connectivity index (χ2n) is 6.79. The SMILES string of the molecule is CC(C)NS(=O)(=O)C1CCN(C(=O)Cc2ccc3c(c2)CCO3)C1. The van der Waals surface area contributed by atoms with Gasteiger partial charge in [-0.15, -0.1) is 0 Å². The Morgan fingerprint density at radius 1 is 1.42 bits per heavy atom. The van der Waals surface area contributed by atoms with Gasteiger partial charge < -0.3 is 9.64 Å². The summed E-state index contributed by atoms with van der Waals surface area (Å²) in [6, 6.07) is 5.71. The Balaban J connectivity index is 1.61. The monoisotopic (exact) mass is 352 g/mol. The van der Waals surface area contributed by atoms with Crippen molar-refractivity contribution in [3.63, 3.8) is 0 Å². The number of carbonyl (C=O) groups excluding carboxylic acids is 1. The van der Waals surface area contributed by atoms with Gasteiger partial charge in [0.1, 0.15) is 5.75 Å². The minimum Gasteiger partial charge on any atom is -0.493 e. The summed E-state index contributed by atoms with van der Waals surface area (Å²) >= 11 is 0. The van der Waals surface area contributed by atoms with Crippen LogP contribution in [0.5, 0.6) is 5.75 Å². The molecule has 132 valence electrons. The number of amides is 1. The number of ether oxygens (including phenoxy) is 1. The maximum atomic E-state index is 12.5. The van der Waals surface area contributed by atoms with E-state index in [1.165, 1.54) is 0 Å². The first-order chi connectivity index (χ1) is 11.3. The summed E-state index contributed by atoms with van der Waals surface area (Å²) in [6.45, 7) is 5.06. The fourth-order valence-electron chi connectivity index (χ4n) is 3.27. The molecule has 0 bridgehead atoms. The minimum absolute atomic E-state index is 0.0175. The van der Waals surface area contributed by atoms with Gasteiger partial charge >= 0.3 is 0 Å². The molecule has 1 saturated heterocycles. The summed E-state index contributed by atoms with van der Waals surface area (Å²) in [5.41, 5.74) is 2.10. The predicted molar refractivity (Wildman–Crippen MR) is 91.5 cm³/mol. The van der Waals surface area contributed by atoms with E-state index < -0.39 is 15.3 Å². The van der Waals surface area contributed by atoms with Gasteiger partial charge in [-0.1, -0.05) is 12.1 Å². The standard InChI is InChI=1S/C17H24N2O4S/c1-12(2)18-24(21,22)15-5-7-19(11-15)17(20)10-13-3-4-16-14(9-13)6-8-23-16/h3-4,9,12,15,18H,5-8,10-11H2,1-2H3. The molecule has 24 heavy (non-hydrogen) atoms. The third kappa shape index (κ3) is 3.72. The van der Waals surface area contributed by atoms with Crippen LogP contribution in [0, 0.1) is 0 Å². The van der Waals surface area contributed by atoms with Crippen LogP contribution in [-0.4, -0.2) is 50.2 Å². The third-order valence-corrected chi connectivity index (χ3v) is 6.51. The molecule has 2 heterocycles. The first-order valence-corrected chi connectivity index (χ1v) is 9.93. The zero-order chi connectivity index (χ0) is 17.3. The molecule has 1 fully saturated rings. The topological polar surface area (TPSA) is 75.7 Å². The Hall–Kier alpha value is -1.60. The van der Waals surface area contributed by atoms with Crippen LogP contribution < -0.4 is 9.46 Å². The van der Waals surface area contributed by atoms with Gasteiger partial charge in [-0.25, -0.2) is 13.1 Å². The number of likely N-dealkylation sites (tertiary alicyclic amines) is 1. The summed E-state index contributed by atoms with van der Waals surface area (Å²) < 4.78 is 32.6. The lowest BCUT2D eigenvalue weighted by Crippen LogP contribution is -2.40. The number of hydrogen-bond acceptors (Lipinski definition) is 4. The molecule has 1 amide bonds. The quantitative estimate of drug-likeness (QED) is 0.861. The lowest BCUT2D eigenvalue weighted by molar-refractivity contribution is -0.129. The van der Waals surface area contributed by atoms with Gasteiger partial charge in [0, 0.05) is 25.6 Å². The molecule has 1 atom stereocenters. The summed E-state index contributed by atoms with van der Waals surface area (Å²) in [6.07, 6.45) is 1.67. The molecular weight excluding hydrogens is 328 g/mol. The van der Waals surface area contributed by atoms with Crippen LogP contribution >= 0.6 is 0 Å². The van der Waals surface area contributed by atoms with E-state index in [9.17, 15) is 13.2 Å². The van der Waals surface area contributed by atoms with Crippen molar-refractivity contribution in [2.75, 3.05) is 19.7 Å². The smallest absolute Gasteiger partial charge is 0.227 e. The van der Waals surface area contributed by atoms with E-state index in [4.69, 9.17) is 4.74 Å². The fraction of sp³-hybridized carbons (Fsp3) is 0.588. The molecule has 0 aliphatic carbocycles. The molecule has 1 aromatic carbocycles. The fourth-order valence-corrected chi connectivity index (χ4v) is 4.91. The number of benzene rings is 1. The number of nitrogens with zero attached hydrogens (tertiary/aromatic N) is 1. The lowest BCUT2D eigenvalue weighted by Gasteiger charge is -2.18. The first-order valence-electron chi connectivity index (χ1n) is 8.38. The van der Waals surface area contributed by atoms with Crippen molar-refractivity contribution in [3.05, 3.63) is 29.3 Å². The van der Waals surface area contributed by atoms with Crippen molar-refractivity contribution >= 4 is 15.9 Å². The normalized spacial score (nSPS) is 20.3. The highest BCUT2D eigenvalue weighted by molar-refractivity contribution is 7.90. The molecule has 0 radical (unpaired) electrons. The van der Waals surface area contributed by atoms with Gasteiger partial charge in [-0.05, 0) is 37.5 Å². The summed E-state index contributed by atoms with van der Waals surface area (Å²) in [4.78, 5) is 14.1. The summed E-state index contributed by atoms with van der Waals surface area (Å²) in [5.74, 6) is 0.884. The number of carbonyl (C=O) groups is 1. The molecule has 2 aliphatic rings. The van der Waals surface area contributed by atoms with E-state index in [2.05, 4.69) is 4.72 Å². The van der Waals surface area contributed by atoms with Crippen LogP contribution in [0.15, 0.2) is 18.2 Å². The number of fused-ring (bicyclic) bond motifs is 1. The second-order valence-corrected chi connectivity index (χ2v) is 8.78. The maximum absolute atomic E-state index is 12.5. The molecule has 0 spiro atoms. The summed E-state index contributed by atoms with van der Waals surface area (Å²) in [5, 5.41) is -0.516. The minimum atomic E-state index is -3.37. The van der Waals surface area contributed by atoms with Crippen molar-refractivity contribution in [2.45, 2.75) is 44.4 Å². The molecule has 1 N–H and O–H groups in total. The highest BCUT2D eigenvalue weighted by atomic mass is 32.2. The van der Waals surface area contributed by atoms with Crippen LogP contribution in [0.2, 0.25) is 0 Å². The van der Waals surface area contributed by atoms with E-state index in [1.807, 2.05) is 18.2 Å². The number of nitrogens with one attached hydrogen (secondary N) is 1.